The van der Waals surface area contributed by atoms with Crippen LogP contribution in [0.3, 0.4) is 0 Å². The van der Waals surface area contributed by atoms with Crippen LogP contribution in [0.1, 0.15) is 10.7 Å². The molecule has 9 heteroatoms. The maximum Gasteiger partial charge on any atom is 0.296 e. The molecule has 3 rings (SSSR count). The molecule has 0 saturated heterocycles. The van der Waals surface area contributed by atoms with E-state index in [9.17, 15) is 4.79 Å². The smallest absolute Gasteiger partial charge is 0.296 e. The van der Waals surface area contributed by atoms with Crippen LogP contribution in [0.15, 0.2) is 23.0 Å². The molecule has 21 heavy (non-hydrogen) atoms. The molecule has 2 heterocycles. The summed E-state index contributed by atoms with van der Waals surface area (Å²) in [6.07, 6.45) is 0. The molecule has 108 valence electrons. The Morgan fingerprint density at radius 2 is 2.14 bits per heavy atom. The fourth-order valence-corrected chi connectivity index (χ4v) is 2.83. The van der Waals surface area contributed by atoms with E-state index in [1.54, 1.807) is 25.1 Å². The van der Waals surface area contributed by atoms with Crippen LogP contribution in [0, 0.1) is 6.92 Å². The maximum atomic E-state index is 11.8. The lowest BCUT2D eigenvalue weighted by Crippen LogP contribution is -2.19. The van der Waals surface area contributed by atoms with Crippen LogP contribution in [0.5, 0.6) is 5.75 Å². The predicted octanol–water partition coefficient (Wildman–Crippen LogP) is 2.74. The van der Waals surface area contributed by atoms with Gasteiger partial charge in [-0.1, -0.05) is 34.5 Å². The SMILES string of the molecule is Cc1nnc2sc(COc3ccc(Cl)cc3Cl)nn2c1=O. The van der Waals surface area contributed by atoms with Gasteiger partial charge in [0.05, 0.1) is 5.02 Å². The zero-order valence-electron chi connectivity index (χ0n) is 10.7. The van der Waals surface area contributed by atoms with Crippen molar-refractivity contribution >= 4 is 39.5 Å². The Balaban J connectivity index is 1.85. The predicted molar refractivity (Wildman–Crippen MR) is 80.5 cm³/mol. The van der Waals surface area contributed by atoms with Gasteiger partial charge in [0.25, 0.3) is 5.56 Å². The number of fused-ring (bicyclic) bond motifs is 1. The van der Waals surface area contributed by atoms with Gasteiger partial charge < -0.3 is 4.74 Å². The zero-order valence-corrected chi connectivity index (χ0v) is 13.0. The molecule has 2 aromatic heterocycles. The molecule has 0 spiro atoms. The minimum atomic E-state index is -0.285. The zero-order chi connectivity index (χ0) is 15.0. The van der Waals surface area contributed by atoms with E-state index >= 15 is 0 Å². The normalized spacial score (nSPS) is 11.0. The highest BCUT2D eigenvalue weighted by atomic mass is 35.5. The number of rotatable bonds is 3. The molecular formula is C12H8Cl2N4O2S. The first-order valence-corrected chi connectivity index (χ1v) is 7.42. The second-order valence-corrected chi connectivity index (χ2v) is 6.03. The van der Waals surface area contributed by atoms with Gasteiger partial charge in [0.15, 0.2) is 5.01 Å². The molecule has 1 aromatic carbocycles. The lowest BCUT2D eigenvalue weighted by atomic mass is 10.3. The summed E-state index contributed by atoms with van der Waals surface area (Å²) >= 11 is 13.1. The van der Waals surface area contributed by atoms with E-state index < -0.39 is 0 Å². The summed E-state index contributed by atoms with van der Waals surface area (Å²) in [5, 5.41) is 13.4. The van der Waals surface area contributed by atoms with Gasteiger partial charge in [0.1, 0.15) is 18.1 Å². The van der Waals surface area contributed by atoms with Crippen molar-refractivity contribution in [1.82, 2.24) is 19.8 Å². The average Bonchev–Trinajstić information content (AvgIpc) is 2.86. The first-order valence-electron chi connectivity index (χ1n) is 5.84. The van der Waals surface area contributed by atoms with Crippen molar-refractivity contribution in [3.63, 3.8) is 0 Å². The molecule has 0 amide bonds. The summed E-state index contributed by atoms with van der Waals surface area (Å²) in [4.78, 5) is 12.3. The van der Waals surface area contributed by atoms with Crippen LogP contribution in [-0.2, 0) is 6.61 Å². The van der Waals surface area contributed by atoms with E-state index in [0.29, 0.717) is 31.5 Å². The molecule has 6 nitrogen and oxygen atoms in total. The van der Waals surface area contributed by atoms with Gasteiger partial charge in [0.2, 0.25) is 4.96 Å². The van der Waals surface area contributed by atoms with E-state index in [2.05, 4.69) is 15.3 Å². The molecule has 0 aliphatic rings. The summed E-state index contributed by atoms with van der Waals surface area (Å²) in [5.74, 6) is 0.495. The third kappa shape index (κ3) is 2.85. The lowest BCUT2D eigenvalue weighted by Gasteiger charge is -2.05. The topological polar surface area (TPSA) is 69.4 Å². The molecule has 0 atom stereocenters. The Hall–Kier alpha value is -1.70. The van der Waals surface area contributed by atoms with Crippen LogP contribution >= 0.6 is 34.5 Å². The van der Waals surface area contributed by atoms with Gasteiger partial charge in [-0.05, 0) is 25.1 Å². The number of nitrogens with zero attached hydrogens (tertiary/aromatic N) is 4. The van der Waals surface area contributed by atoms with Crippen molar-refractivity contribution in [2.24, 2.45) is 0 Å². The number of hydrogen-bond donors (Lipinski definition) is 0. The summed E-state index contributed by atoms with van der Waals surface area (Å²) < 4.78 is 6.79. The van der Waals surface area contributed by atoms with Crippen LogP contribution < -0.4 is 10.3 Å². The van der Waals surface area contributed by atoms with Crippen molar-refractivity contribution < 1.29 is 4.74 Å². The Kier molecular flexibility index (Phi) is 3.79. The Morgan fingerprint density at radius 1 is 1.33 bits per heavy atom. The fourth-order valence-electron chi connectivity index (χ4n) is 1.62. The lowest BCUT2D eigenvalue weighted by molar-refractivity contribution is 0.304. The van der Waals surface area contributed by atoms with Crippen LogP contribution in [0.25, 0.3) is 4.96 Å². The van der Waals surface area contributed by atoms with Crippen molar-refractivity contribution in [2.45, 2.75) is 13.5 Å². The molecule has 0 unspecified atom stereocenters. The van der Waals surface area contributed by atoms with Crippen molar-refractivity contribution in [3.8, 4) is 5.75 Å². The number of halogens is 2. The molecule has 0 bridgehead atoms. The molecule has 3 aromatic rings. The number of hydrogen-bond acceptors (Lipinski definition) is 6. The van der Waals surface area contributed by atoms with E-state index in [1.165, 1.54) is 15.9 Å². The maximum absolute atomic E-state index is 11.8. The molecule has 0 fully saturated rings. The minimum Gasteiger partial charge on any atom is -0.485 e. The van der Waals surface area contributed by atoms with Crippen LogP contribution in [0.4, 0.5) is 0 Å². The minimum absolute atomic E-state index is 0.174. The molecular weight excluding hydrogens is 335 g/mol. The summed E-state index contributed by atoms with van der Waals surface area (Å²) in [7, 11) is 0. The highest BCUT2D eigenvalue weighted by Gasteiger charge is 2.10. The number of benzene rings is 1. The van der Waals surface area contributed by atoms with Crippen LogP contribution in [-0.4, -0.2) is 19.8 Å². The molecule has 0 aliphatic heterocycles. The summed E-state index contributed by atoms with van der Waals surface area (Å²) in [6.45, 7) is 1.76. The van der Waals surface area contributed by atoms with E-state index in [-0.39, 0.29) is 12.2 Å². The number of aryl methyl sites for hydroxylation is 1. The second kappa shape index (κ2) is 5.59. The quantitative estimate of drug-likeness (QED) is 0.731. The second-order valence-electron chi connectivity index (χ2n) is 4.14. The van der Waals surface area contributed by atoms with Crippen molar-refractivity contribution in [1.29, 1.82) is 0 Å². The standard InChI is InChI=1S/C12H8Cl2N4O2S/c1-6-11(19)18-12(16-15-6)21-10(17-18)5-20-9-3-2-7(13)4-8(9)14/h2-4H,5H2,1H3. The van der Waals surface area contributed by atoms with Gasteiger partial charge in [-0.25, -0.2) is 0 Å². The number of aromatic nitrogens is 4. The van der Waals surface area contributed by atoms with E-state index in [0.717, 1.165) is 0 Å². The van der Waals surface area contributed by atoms with Gasteiger partial charge in [0, 0.05) is 5.02 Å². The average molecular weight is 343 g/mol. The third-order valence-corrected chi connectivity index (χ3v) is 4.04. The Labute approximate surface area is 132 Å². The number of ether oxygens (including phenoxy) is 1. The molecule has 0 radical (unpaired) electrons. The van der Waals surface area contributed by atoms with Crippen LogP contribution in [0.2, 0.25) is 10.0 Å². The summed E-state index contributed by atoms with van der Waals surface area (Å²) in [6, 6.07) is 4.95. The Morgan fingerprint density at radius 3 is 2.90 bits per heavy atom. The fraction of sp³-hybridized carbons (Fsp3) is 0.167. The third-order valence-electron chi connectivity index (χ3n) is 2.63. The van der Waals surface area contributed by atoms with Crippen molar-refractivity contribution in [2.75, 3.05) is 0 Å². The molecule has 0 N–H and O–H groups in total. The highest BCUT2D eigenvalue weighted by Crippen LogP contribution is 2.28. The first kappa shape index (κ1) is 14.2. The van der Waals surface area contributed by atoms with E-state index in [4.69, 9.17) is 27.9 Å². The van der Waals surface area contributed by atoms with Gasteiger partial charge in [-0.15, -0.1) is 10.2 Å². The van der Waals surface area contributed by atoms with E-state index in [1.807, 2.05) is 0 Å². The molecule has 0 saturated carbocycles. The van der Waals surface area contributed by atoms with Gasteiger partial charge in [-0.2, -0.15) is 9.61 Å². The van der Waals surface area contributed by atoms with Crippen molar-refractivity contribution in [3.05, 3.63) is 49.3 Å². The highest BCUT2D eigenvalue weighted by molar-refractivity contribution is 7.16. The largest absolute Gasteiger partial charge is 0.485 e. The van der Waals surface area contributed by atoms with Gasteiger partial charge >= 0.3 is 0 Å². The Bertz CT molecular complexity index is 877. The summed E-state index contributed by atoms with van der Waals surface area (Å²) in [5.41, 5.74) is 0.0121. The first-order chi connectivity index (χ1) is 10.0. The van der Waals surface area contributed by atoms with Gasteiger partial charge in [-0.3, -0.25) is 4.79 Å². The monoisotopic (exact) mass is 342 g/mol. The molecule has 0 aliphatic carbocycles.